The van der Waals surface area contributed by atoms with Crippen LogP contribution in [0.25, 0.3) is 0 Å². The van der Waals surface area contributed by atoms with Crippen molar-refractivity contribution in [2.45, 2.75) is 101 Å². The number of rotatable bonds is 12. The van der Waals surface area contributed by atoms with E-state index in [0.29, 0.717) is 37.4 Å². The van der Waals surface area contributed by atoms with Crippen LogP contribution in [0.1, 0.15) is 81.9 Å². The van der Waals surface area contributed by atoms with Crippen LogP contribution in [-0.2, 0) is 44.7 Å². The molecule has 15 heteroatoms. The fourth-order valence-electron chi connectivity index (χ4n) is 7.73. The molecule has 0 radical (unpaired) electrons. The lowest BCUT2D eigenvalue weighted by atomic mass is 9.83. The van der Waals surface area contributed by atoms with Crippen LogP contribution in [0.5, 0.6) is 5.75 Å². The van der Waals surface area contributed by atoms with E-state index in [1.165, 1.54) is 9.80 Å². The third-order valence-electron chi connectivity index (χ3n) is 10.7. The first kappa shape index (κ1) is 42.8. The molecule has 2 fully saturated rings. The molecule has 2 heterocycles. The number of nitrogens with one attached hydrogen (secondary N) is 4. The minimum atomic E-state index is -1.24. The average Bonchev–Trinajstić information content (AvgIpc) is 3.65. The fourth-order valence-corrected chi connectivity index (χ4v) is 7.73. The Morgan fingerprint density at radius 3 is 2.40 bits per heavy atom. The maximum absolute atomic E-state index is 14.5. The van der Waals surface area contributed by atoms with Gasteiger partial charge in [-0.15, -0.1) is 0 Å². The summed E-state index contributed by atoms with van der Waals surface area (Å²) in [6, 6.07) is 11.8. The van der Waals surface area contributed by atoms with Gasteiger partial charge < -0.3 is 40.5 Å². The predicted octanol–water partition coefficient (Wildman–Crippen LogP) is 1.98. The van der Waals surface area contributed by atoms with Gasteiger partial charge in [-0.05, 0) is 48.4 Å². The number of hydrogen-bond acceptors (Lipinski definition) is 9. The van der Waals surface area contributed by atoms with Gasteiger partial charge in [-0.3, -0.25) is 33.6 Å². The molecule has 1 saturated carbocycles. The lowest BCUT2D eigenvalue weighted by Crippen LogP contribution is -2.58. The molecule has 5 rings (SSSR count). The Bertz CT molecular complexity index is 1750. The zero-order chi connectivity index (χ0) is 40.9. The van der Waals surface area contributed by atoms with Gasteiger partial charge in [0, 0.05) is 33.5 Å². The second kappa shape index (κ2) is 20.7. The minimum absolute atomic E-state index is 0.0513. The van der Waals surface area contributed by atoms with E-state index in [9.17, 15) is 33.6 Å². The summed E-state index contributed by atoms with van der Waals surface area (Å²) in [6.07, 6.45) is 5.21. The van der Waals surface area contributed by atoms with Gasteiger partial charge in [0.15, 0.2) is 0 Å². The molecule has 308 valence electrons. The molecule has 4 bridgehead atoms. The Morgan fingerprint density at radius 2 is 1.68 bits per heavy atom. The molecule has 2 aliphatic heterocycles. The highest BCUT2D eigenvalue weighted by molar-refractivity contribution is 6.38. The smallest absolute Gasteiger partial charge is 0.290 e. The average molecular weight is 789 g/mol. The number of nitrogens with zero attached hydrogens (tertiary/aromatic N) is 2. The van der Waals surface area contributed by atoms with Crippen molar-refractivity contribution >= 4 is 41.2 Å². The molecule has 1 unspecified atom stereocenters. The van der Waals surface area contributed by atoms with Crippen molar-refractivity contribution in [2.24, 2.45) is 5.92 Å². The number of carbonyl (C=O) groups excluding carboxylic acids is 7. The maximum Gasteiger partial charge on any atom is 0.290 e. The molecule has 0 aromatic heterocycles. The van der Waals surface area contributed by atoms with E-state index in [4.69, 9.17) is 9.47 Å². The SMILES string of the molecule is CCC[C@H](NC(=O)C1C[C@@H]2CN1C(=O)[C@H](C1CCCCC1)NC(=O)Cc1cccc(c1)OCCCO2)C(=O)C(=O)NCC(=O)N[C@H](C(=O)N(C)C)c1ccccc1. The molecule has 1 saturated heterocycles. The van der Waals surface area contributed by atoms with Gasteiger partial charge in [-0.25, -0.2) is 0 Å². The van der Waals surface area contributed by atoms with Crippen LogP contribution in [0.4, 0.5) is 0 Å². The standard InChI is InChI=1S/C42H56N6O9/c1-4-13-32(38(51)40(53)43-25-35(50)46-36(41(54)47(2)3)28-15-7-5-8-16-28)44-39(52)33-24-31-26-48(33)42(55)37(29-17-9-6-10-18-29)45-34(49)23-27-14-11-19-30(22-27)56-20-12-21-57-31/h5,7-8,11,14-16,19,22,29,31-33,36-37H,4,6,9-10,12-13,17-18,20-21,23-26H2,1-3H3,(H,43,53)(H,44,52)(H,45,49)(H,46,50)/t31-,32+,33?,36+,37+/m1/s1. The number of likely N-dealkylation sites (N-methyl/N-ethyl adjacent to an activating group) is 1. The topological polar surface area (TPSA) is 193 Å². The third-order valence-corrected chi connectivity index (χ3v) is 10.7. The van der Waals surface area contributed by atoms with E-state index in [2.05, 4.69) is 21.3 Å². The van der Waals surface area contributed by atoms with Crippen LogP contribution >= 0.6 is 0 Å². The zero-order valence-corrected chi connectivity index (χ0v) is 33.1. The first-order valence-corrected chi connectivity index (χ1v) is 20.1. The number of carbonyl (C=O) groups is 7. The maximum atomic E-state index is 14.5. The monoisotopic (exact) mass is 788 g/mol. The van der Waals surface area contributed by atoms with Crippen LogP contribution < -0.4 is 26.0 Å². The largest absolute Gasteiger partial charge is 0.493 e. The molecule has 2 aromatic carbocycles. The summed E-state index contributed by atoms with van der Waals surface area (Å²) >= 11 is 0. The summed E-state index contributed by atoms with van der Waals surface area (Å²) in [5, 5.41) is 10.7. The van der Waals surface area contributed by atoms with Crippen molar-refractivity contribution < 1.29 is 43.0 Å². The molecule has 15 nitrogen and oxygen atoms in total. The highest BCUT2D eigenvalue weighted by Gasteiger charge is 2.45. The molecular weight excluding hydrogens is 732 g/mol. The molecular formula is C42H56N6O9. The molecule has 4 N–H and O–H groups in total. The third kappa shape index (κ3) is 11.9. The molecule has 2 aromatic rings. The summed E-state index contributed by atoms with van der Waals surface area (Å²) in [5.74, 6) is -3.90. The minimum Gasteiger partial charge on any atom is -0.493 e. The van der Waals surface area contributed by atoms with Gasteiger partial charge in [-0.2, -0.15) is 0 Å². The van der Waals surface area contributed by atoms with Crippen molar-refractivity contribution in [3.63, 3.8) is 0 Å². The van der Waals surface area contributed by atoms with Gasteiger partial charge >= 0.3 is 0 Å². The molecule has 5 atom stereocenters. The normalized spacial score (nSPS) is 21.6. The summed E-state index contributed by atoms with van der Waals surface area (Å²) in [7, 11) is 3.12. The lowest BCUT2D eigenvalue weighted by Gasteiger charge is -2.35. The Labute approximate surface area is 333 Å². The molecule has 6 amide bonds. The van der Waals surface area contributed by atoms with Gasteiger partial charge in [0.05, 0.1) is 38.3 Å². The summed E-state index contributed by atoms with van der Waals surface area (Å²) < 4.78 is 12.1. The Kier molecular flexibility index (Phi) is 15.6. The second-order valence-corrected chi connectivity index (χ2v) is 15.2. The quantitative estimate of drug-likeness (QED) is 0.233. The van der Waals surface area contributed by atoms with E-state index in [0.717, 1.165) is 37.7 Å². The van der Waals surface area contributed by atoms with E-state index in [-0.39, 0.29) is 49.4 Å². The van der Waals surface area contributed by atoms with Crippen LogP contribution in [0, 0.1) is 5.92 Å². The number of ketones is 1. The summed E-state index contributed by atoms with van der Waals surface area (Å²) in [6.45, 7) is 2.01. The van der Waals surface area contributed by atoms with Crippen LogP contribution in [0.2, 0.25) is 0 Å². The van der Waals surface area contributed by atoms with Gasteiger partial charge in [0.25, 0.3) is 5.91 Å². The number of amides is 6. The number of Topliss-reactive ketones (excluding diaryl/α,β-unsaturated/α-hetero) is 1. The fraction of sp³-hybridized carbons (Fsp3) is 0.548. The number of fused-ring (bicyclic) bond motifs is 4. The van der Waals surface area contributed by atoms with Crippen molar-refractivity contribution in [1.29, 1.82) is 0 Å². The van der Waals surface area contributed by atoms with Crippen molar-refractivity contribution in [3.05, 3.63) is 65.7 Å². The van der Waals surface area contributed by atoms with E-state index >= 15 is 0 Å². The van der Waals surface area contributed by atoms with Crippen LogP contribution in [-0.4, -0.2) is 116 Å². The number of ether oxygens (including phenoxy) is 2. The highest BCUT2D eigenvalue weighted by Crippen LogP contribution is 2.30. The van der Waals surface area contributed by atoms with E-state index in [1.54, 1.807) is 51.4 Å². The molecule has 3 aliphatic rings. The Hall–Kier alpha value is -5.31. The number of hydrogen-bond donors (Lipinski definition) is 4. The van der Waals surface area contributed by atoms with Crippen molar-refractivity contribution in [2.75, 3.05) is 40.4 Å². The molecule has 1 aliphatic carbocycles. The van der Waals surface area contributed by atoms with E-state index in [1.807, 2.05) is 24.3 Å². The van der Waals surface area contributed by atoms with E-state index < -0.39 is 60.3 Å². The van der Waals surface area contributed by atoms with Gasteiger partial charge in [-0.1, -0.05) is 75.1 Å². The highest BCUT2D eigenvalue weighted by atomic mass is 16.5. The van der Waals surface area contributed by atoms with Crippen LogP contribution in [0.15, 0.2) is 54.6 Å². The molecule has 0 spiro atoms. The predicted molar refractivity (Wildman–Crippen MR) is 209 cm³/mol. The van der Waals surface area contributed by atoms with Gasteiger partial charge in [0.1, 0.15) is 23.9 Å². The lowest BCUT2D eigenvalue weighted by molar-refractivity contribution is -0.144. The summed E-state index contributed by atoms with van der Waals surface area (Å²) in [5.41, 5.74) is 1.29. The first-order chi connectivity index (χ1) is 27.4. The van der Waals surface area contributed by atoms with Crippen LogP contribution in [0.3, 0.4) is 0 Å². The Balaban J connectivity index is 1.28. The van der Waals surface area contributed by atoms with Gasteiger partial charge in [0.2, 0.25) is 35.3 Å². The Morgan fingerprint density at radius 1 is 0.930 bits per heavy atom. The van der Waals surface area contributed by atoms with Crippen molar-refractivity contribution in [1.82, 2.24) is 31.1 Å². The number of benzene rings is 2. The zero-order valence-electron chi connectivity index (χ0n) is 33.1. The van der Waals surface area contributed by atoms with Crippen molar-refractivity contribution in [3.8, 4) is 5.75 Å². The first-order valence-electron chi connectivity index (χ1n) is 20.1. The second-order valence-electron chi connectivity index (χ2n) is 15.2. The summed E-state index contributed by atoms with van der Waals surface area (Å²) in [4.78, 5) is 97.4. The molecule has 57 heavy (non-hydrogen) atoms.